The molecule has 2 aliphatic rings. The molecule has 1 atom stereocenters. The first kappa shape index (κ1) is 12.2. The number of alkyl halides is 1. The van der Waals surface area contributed by atoms with Gasteiger partial charge in [0.15, 0.2) is 0 Å². The summed E-state index contributed by atoms with van der Waals surface area (Å²) in [6.07, 6.45) is 5.80. The summed E-state index contributed by atoms with van der Waals surface area (Å²) in [4.78, 5) is 14.5. The Morgan fingerprint density at radius 3 is 2.50 bits per heavy atom. The molecule has 1 unspecified atom stereocenters. The van der Waals surface area contributed by atoms with Crippen molar-refractivity contribution in [2.75, 3.05) is 12.4 Å². The van der Waals surface area contributed by atoms with Crippen molar-refractivity contribution >= 4 is 17.5 Å². The number of nitrogens with zero attached hydrogens (tertiary/aromatic N) is 1. The van der Waals surface area contributed by atoms with Crippen molar-refractivity contribution in [3.05, 3.63) is 0 Å². The van der Waals surface area contributed by atoms with Crippen molar-refractivity contribution in [1.29, 1.82) is 0 Å². The molecular formula is C13H22ClNO. The van der Waals surface area contributed by atoms with E-state index in [1.807, 2.05) is 4.90 Å². The number of halogens is 1. The maximum absolute atomic E-state index is 12.5. The lowest BCUT2D eigenvalue weighted by Crippen LogP contribution is -2.42. The van der Waals surface area contributed by atoms with Gasteiger partial charge in [0, 0.05) is 24.4 Å². The van der Waals surface area contributed by atoms with Crippen LogP contribution in [0.15, 0.2) is 0 Å². The van der Waals surface area contributed by atoms with Gasteiger partial charge in [0.2, 0.25) is 5.91 Å². The topological polar surface area (TPSA) is 20.3 Å². The average molecular weight is 244 g/mol. The van der Waals surface area contributed by atoms with Crippen LogP contribution in [0.3, 0.4) is 0 Å². The molecule has 0 saturated heterocycles. The highest BCUT2D eigenvalue weighted by molar-refractivity contribution is 6.18. The largest absolute Gasteiger partial charge is 0.338 e. The highest BCUT2D eigenvalue weighted by Crippen LogP contribution is 2.44. The number of carbonyl (C=O) groups is 1. The van der Waals surface area contributed by atoms with Crippen LogP contribution in [0, 0.1) is 11.3 Å². The van der Waals surface area contributed by atoms with E-state index in [1.165, 1.54) is 25.7 Å². The van der Waals surface area contributed by atoms with E-state index in [1.54, 1.807) is 0 Å². The Morgan fingerprint density at radius 1 is 1.38 bits per heavy atom. The van der Waals surface area contributed by atoms with Crippen LogP contribution in [0.2, 0.25) is 0 Å². The van der Waals surface area contributed by atoms with Gasteiger partial charge in [-0.3, -0.25) is 4.79 Å². The monoisotopic (exact) mass is 243 g/mol. The first-order valence-electron chi connectivity index (χ1n) is 6.43. The van der Waals surface area contributed by atoms with Crippen LogP contribution < -0.4 is 0 Å². The summed E-state index contributed by atoms with van der Waals surface area (Å²) in [6, 6.07) is 0.502. The maximum atomic E-state index is 12.5. The number of rotatable bonds is 4. The summed E-state index contributed by atoms with van der Waals surface area (Å²) in [5.74, 6) is 1.16. The Kier molecular flexibility index (Phi) is 3.48. The second-order valence-electron chi connectivity index (χ2n) is 5.89. The lowest BCUT2D eigenvalue weighted by molar-refractivity contribution is -0.138. The van der Waals surface area contributed by atoms with Gasteiger partial charge in [0.05, 0.1) is 0 Å². The van der Waals surface area contributed by atoms with Crippen LogP contribution in [0.1, 0.15) is 46.0 Å². The van der Waals surface area contributed by atoms with E-state index in [0.717, 1.165) is 13.0 Å². The molecule has 3 heteroatoms. The summed E-state index contributed by atoms with van der Waals surface area (Å²) < 4.78 is 0. The van der Waals surface area contributed by atoms with Gasteiger partial charge in [-0.1, -0.05) is 20.3 Å². The highest BCUT2D eigenvalue weighted by Gasteiger charge is 2.43. The third-order valence-corrected chi connectivity index (χ3v) is 4.32. The predicted molar refractivity (Wildman–Crippen MR) is 66.6 cm³/mol. The van der Waals surface area contributed by atoms with E-state index in [0.29, 0.717) is 17.8 Å². The molecule has 0 radical (unpaired) electrons. The molecule has 2 nitrogen and oxygen atoms in total. The second kappa shape index (κ2) is 4.56. The van der Waals surface area contributed by atoms with E-state index < -0.39 is 0 Å². The first-order chi connectivity index (χ1) is 7.56. The molecule has 0 aromatic carbocycles. The number of hydrogen-bond acceptors (Lipinski definition) is 1. The molecule has 2 saturated carbocycles. The van der Waals surface area contributed by atoms with E-state index >= 15 is 0 Å². The summed E-state index contributed by atoms with van der Waals surface area (Å²) in [7, 11) is 0. The average Bonchev–Trinajstić information content (AvgIpc) is 2.98. The van der Waals surface area contributed by atoms with Crippen LogP contribution in [0.25, 0.3) is 0 Å². The number of hydrogen-bond donors (Lipinski definition) is 0. The zero-order chi connectivity index (χ0) is 11.8. The molecule has 16 heavy (non-hydrogen) atoms. The molecule has 2 fully saturated rings. The Labute approximate surface area is 103 Å². The van der Waals surface area contributed by atoms with Gasteiger partial charge in [-0.25, -0.2) is 0 Å². The van der Waals surface area contributed by atoms with Crippen molar-refractivity contribution in [2.45, 2.75) is 52.0 Å². The third kappa shape index (κ3) is 2.37. The fraction of sp³-hybridized carbons (Fsp3) is 0.923. The zero-order valence-electron chi connectivity index (χ0n) is 10.3. The molecule has 2 rings (SSSR count). The molecule has 2 aliphatic carbocycles. The quantitative estimate of drug-likeness (QED) is 0.695. The minimum absolute atomic E-state index is 0.191. The third-order valence-electron chi connectivity index (χ3n) is 4.15. The fourth-order valence-electron chi connectivity index (χ4n) is 2.93. The van der Waals surface area contributed by atoms with Gasteiger partial charge < -0.3 is 4.90 Å². The SMILES string of the molecule is CC1(C)CCCC1C(=O)N(CCCl)C1CC1. The van der Waals surface area contributed by atoms with Crippen LogP contribution in [-0.4, -0.2) is 29.3 Å². The molecule has 0 aromatic heterocycles. The lowest BCUT2D eigenvalue weighted by Gasteiger charge is -2.32. The Bertz CT molecular complexity index is 273. The smallest absolute Gasteiger partial charge is 0.226 e. The minimum Gasteiger partial charge on any atom is -0.338 e. The van der Waals surface area contributed by atoms with Crippen molar-refractivity contribution in [3.8, 4) is 0 Å². The standard InChI is InChI=1S/C13H22ClNO/c1-13(2)7-3-4-11(13)12(16)15(9-8-14)10-5-6-10/h10-11H,3-9H2,1-2H3. The Morgan fingerprint density at radius 2 is 2.06 bits per heavy atom. The molecule has 0 aliphatic heterocycles. The second-order valence-corrected chi connectivity index (χ2v) is 6.26. The van der Waals surface area contributed by atoms with E-state index in [2.05, 4.69) is 13.8 Å². The van der Waals surface area contributed by atoms with E-state index in [4.69, 9.17) is 11.6 Å². The summed E-state index contributed by atoms with van der Waals surface area (Å²) >= 11 is 5.80. The summed E-state index contributed by atoms with van der Waals surface area (Å²) in [5, 5.41) is 0. The number of amides is 1. The van der Waals surface area contributed by atoms with Crippen LogP contribution in [0.4, 0.5) is 0 Å². The molecule has 0 spiro atoms. The van der Waals surface area contributed by atoms with Gasteiger partial charge in [-0.15, -0.1) is 11.6 Å². The Hall–Kier alpha value is -0.240. The normalized spacial score (nSPS) is 28.1. The molecule has 0 aromatic rings. The minimum atomic E-state index is 0.191. The highest BCUT2D eigenvalue weighted by atomic mass is 35.5. The molecular weight excluding hydrogens is 222 g/mol. The first-order valence-corrected chi connectivity index (χ1v) is 6.96. The van der Waals surface area contributed by atoms with Gasteiger partial charge in [0.25, 0.3) is 0 Å². The van der Waals surface area contributed by atoms with E-state index in [-0.39, 0.29) is 11.3 Å². The summed E-state index contributed by atoms with van der Waals surface area (Å²) in [5.41, 5.74) is 0.191. The molecule has 0 heterocycles. The number of carbonyl (C=O) groups excluding carboxylic acids is 1. The lowest BCUT2D eigenvalue weighted by atomic mass is 9.81. The molecule has 92 valence electrons. The van der Waals surface area contributed by atoms with Gasteiger partial charge in [-0.2, -0.15) is 0 Å². The van der Waals surface area contributed by atoms with Crippen LogP contribution in [0.5, 0.6) is 0 Å². The van der Waals surface area contributed by atoms with Crippen molar-refractivity contribution < 1.29 is 4.79 Å². The predicted octanol–water partition coefficient (Wildman–Crippen LogP) is 3.04. The van der Waals surface area contributed by atoms with Crippen molar-refractivity contribution in [3.63, 3.8) is 0 Å². The molecule has 0 N–H and O–H groups in total. The summed E-state index contributed by atoms with van der Waals surface area (Å²) in [6.45, 7) is 5.19. The van der Waals surface area contributed by atoms with Crippen LogP contribution in [-0.2, 0) is 4.79 Å². The van der Waals surface area contributed by atoms with Gasteiger partial charge >= 0.3 is 0 Å². The fourth-order valence-corrected chi connectivity index (χ4v) is 3.12. The Balaban J connectivity index is 2.04. The maximum Gasteiger partial charge on any atom is 0.226 e. The zero-order valence-corrected chi connectivity index (χ0v) is 11.1. The van der Waals surface area contributed by atoms with Crippen LogP contribution >= 0.6 is 11.6 Å². The van der Waals surface area contributed by atoms with Gasteiger partial charge in [-0.05, 0) is 31.1 Å². The van der Waals surface area contributed by atoms with Gasteiger partial charge in [0.1, 0.15) is 0 Å². The molecule has 1 amide bonds. The molecule has 0 bridgehead atoms. The van der Waals surface area contributed by atoms with E-state index in [9.17, 15) is 4.79 Å². The van der Waals surface area contributed by atoms with Crippen molar-refractivity contribution in [2.24, 2.45) is 11.3 Å². The van der Waals surface area contributed by atoms with Crippen molar-refractivity contribution in [1.82, 2.24) is 4.90 Å².